The average Bonchev–Trinajstić information content (AvgIpc) is 2.48. The number of carbonyl (C=O) groups excluding carboxylic acids is 1. The van der Waals surface area contributed by atoms with Gasteiger partial charge >= 0.3 is 0 Å². The van der Waals surface area contributed by atoms with Crippen molar-refractivity contribution in [3.8, 4) is 0 Å². The number of non-ortho nitro benzene ring substituents is 1. The zero-order chi connectivity index (χ0) is 14.4. The lowest BCUT2D eigenvalue weighted by Gasteiger charge is -2.22. The molecule has 1 unspecified atom stereocenters. The van der Waals surface area contributed by atoms with Gasteiger partial charge < -0.3 is 10.6 Å². The SMILES string of the molecule is O=C(NCCC1CCCNC1)c1cccc([N+](=O)[O-])c1. The van der Waals surface area contributed by atoms with Gasteiger partial charge in [-0.2, -0.15) is 0 Å². The van der Waals surface area contributed by atoms with Crippen LogP contribution in [0.4, 0.5) is 5.69 Å². The highest BCUT2D eigenvalue weighted by Crippen LogP contribution is 2.14. The van der Waals surface area contributed by atoms with Crippen molar-refractivity contribution in [1.82, 2.24) is 10.6 Å². The molecule has 20 heavy (non-hydrogen) atoms. The Morgan fingerprint density at radius 3 is 3.05 bits per heavy atom. The molecule has 0 bridgehead atoms. The second-order valence-corrected chi connectivity index (χ2v) is 5.06. The molecule has 2 rings (SSSR count). The maximum absolute atomic E-state index is 11.9. The monoisotopic (exact) mass is 277 g/mol. The molecule has 0 radical (unpaired) electrons. The van der Waals surface area contributed by atoms with E-state index in [-0.39, 0.29) is 11.6 Å². The van der Waals surface area contributed by atoms with E-state index in [0.29, 0.717) is 18.0 Å². The predicted octanol–water partition coefficient (Wildman–Crippen LogP) is 1.71. The summed E-state index contributed by atoms with van der Waals surface area (Å²) in [4.78, 5) is 22.1. The van der Waals surface area contributed by atoms with Gasteiger partial charge in [-0.05, 0) is 44.3 Å². The first-order valence-electron chi connectivity index (χ1n) is 6.90. The van der Waals surface area contributed by atoms with Gasteiger partial charge in [0, 0.05) is 24.2 Å². The molecule has 1 aromatic carbocycles. The Labute approximate surface area is 117 Å². The van der Waals surface area contributed by atoms with Crippen LogP contribution in [-0.2, 0) is 0 Å². The second kappa shape index (κ2) is 7.00. The van der Waals surface area contributed by atoms with E-state index >= 15 is 0 Å². The Hall–Kier alpha value is -1.95. The minimum atomic E-state index is -0.496. The van der Waals surface area contributed by atoms with E-state index < -0.39 is 4.92 Å². The Bertz CT molecular complexity index is 484. The lowest BCUT2D eigenvalue weighted by Crippen LogP contribution is -2.33. The Balaban J connectivity index is 1.82. The zero-order valence-corrected chi connectivity index (χ0v) is 11.3. The van der Waals surface area contributed by atoms with Crippen LogP contribution in [0.5, 0.6) is 0 Å². The van der Waals surface area contributed by atoms with Gasteiger partial charge in [0.2, 0.25) is 0 Å². The topological polar surface area (TPSA) is 84.3 Å². The number of nitrogens with one attached hydrogen (secondary N) is 2. The van der Waals surface area contributed by atoms with Crippen molar-refractivity contribution in [3.05, 3.63) is 39.9 Å². The van der Waals surface area contributed by atoms with Gasteiger partial charge in [-0.25, -0.2) is 0 Å². The molecule has 0 spiro atoms. The fourth-order valence-electron chi connectivity index (χ4n) is 2.42. The average molecular weight is 277 g/mol. The van der Waals surface area contributed by atoms with Crippen LogP contribution in [0.25, 0.3) is 0 Å². The molecule has 108 valence electrons. The highest BCUT2D eigenvalue weighted by Gasteiger charge is 2.14. The van der Waals surface area contributed by atoms with Crippen LogP contribution in [0.15, 0.2) is 24.3 Å². The summed E-state index contributed by atoms with van der Waals surface area (Å²) < 4.78 is 0. The summed E-state index contributed by atoms with van der Waals surface area (Å²) in [6.45, 7) is 2.69. The number of hydrogen-bond donors (Lipinski definition) is 2. The van der Waals surface area contributed by atoms with Crippen molar-refractivity contribution in [1.29, 1.82) is 0 Å². The van der Waals surface area contributed by atoms with Gasteiger partial charge in [0.1, 0.15) is 0 Å². The van der Waals surface area contributed by atoms with E-state index in [2.05, 4.69) is 10.6 Å². The highest BCUT2D eigenvalue weighted by molar-refractivity contribution is 5.94. The smallest absolute Gasteiger partial charge is 0.270 e. The van der Waals surface area contributed by atoms with E-state index in [1.807, 2.05) is 0 Å². The van der Waals surface area contributed by atoms with Crippen LogP contribution in [0, 0.1) is 16.0 Å². The number of nitro benzene ring substituents is 1. The molecule has 0 aromatic heterocycles. The van der Waals surface area contributed by atoms with Gasteiger partial charge in [0.05, 0.1) is 4.92 Å². The molecule has 2 N–H and O–H groups in total. The molecule has 1 aromatic rings. The largest absolute Gasteiger partial charge is 0.352 e. The van der Waals surface area contributed by atoms with Gasteiger partial charge in [-0.1, -0.05) is 6.07 Å². The number of nitrogens with zero attached hydrogens (tertiary/aromatic N) is 1. The fraction of sp³-hybridized carbons (Fsp3) is 0.500. The van der Waals surface area contributed by atoms with E-state index in [0.717, 1.165) is 19.5 Å². The summed E-state index contributed by atoms with van der Waals surface area (Å²) >= 11 is 0. The maximum atomic E-state index is 11.9. The van der Waals surface area contributed by atoms with Gasteiger partial charge in [-0.3, -0.25) is 14.9 Å². The lowest BCUT2D eigenvalue weighted by molar-refractivity contribution is -0.384. The molecule has 1 saturated heterocycles. The summed E-state index contributed by atoms with van der Waals surface area (Å²) in [5, 5.41) is 16.8. The number of piperidine rings is 1. The number of amides is 1. The number of hydrogen-bond acceptors (Lipinski definition) is 4. The van der Waals surface area contributed by atoms with Crippen LogP contribution in [0.2, 0.25) is 0 Å². The van der Waals surface area contributed by atoms with Crippen molar-refractivity contribution in [2.45, 2.75) is 19.3 Å². The molecule has 6 nitrogen and oxygen atoms in total. The van der Waals surface area contributed by atoms with Crippen molar-refractivity contribution < 1.29 is 9.72 Å². The molecule has 1 amide bonds. The molecule has 1 aliphatic heterocycles. The van der Waals surface area contributed by atoms with E-state index in [1.54, 1.807) is 6.07 Å². The molecule has 0 aliphatic carbocycles. The third-order valence-corrected chi connectivity index (χ3v) is 3.56. The summed E-state index contributed by atoms with van der Waals surface area (Å²) in [5.41, 5.74) is 0.273. The summed E-state index contributed by atoms with van der Waals surface area (Å²) in [7, 11) is 0. The minimum Gasteiger partial charge on any atom is -0.352 e. The Kier molecular flexibility index (Phi) is 5.06. The third-order valence-electron chi connectivity index (χ3n) is 3.56. The third kappa shape index (κ3) is 4.03. The van der Waals surface area contributed by atoms with Crippen LogP contribution in [0.1, 0.15) is 29.6 Å². The molecule has 1 fully saturated rings. The van der Waals surface area contributed by atoms with Crippen molar-refractivity contribution in [2.24, 2.45) is 5.92 Å². The first-order chi connectivity index (χ1) is 9.66. The summed E-state index contributed by atoms with van der Waals surface area (Å²) in [6.07, 6.45) is 3.32. The Morgan fingerprint density at radius 2 is 2.35 bits per heavy atom. The van der Waals surface area contributed by atoms with Crippen LogP contribution in [-0.4, -0.2) is 30.5 Å². The van der Waals surface area contributed by atoms with Crippen LogP contribution >= 0.6 is 0 Å². The molecular weight excluding hydrogens is 258 g/mol. The number of rotatable bonds is 5. The van der Waals surface area contributed by atoms with Gasteiger partial charge in [0.15, 0.2) is 0 Å². The number of benzene rings is 1. The van der Waals surface area contributed by atoms with Gasteiger partial charge in [0.25, 0.3) is 11.6 Å². The lowest BCUT2D eigenvalue weighted by atomic mass is 9.96. The van der Waals surface area contributed by atoms with Crippen molar-refractivity contribution >= 4 is 11.6 Å². The normalized spacial score (nSPS) is 18.5. The Morgan fingerprint density at radius 1 is 1.50 bits per heavy atom. The van der Waals surface area contributed by atoms with E-state index in [1.165, 1.54) is 31.0 Å². The number of nitro groups is 1. The highest BCUT2D eigenvalue weighted by atomic mass is 16.6. The first-order valence-corrected chi connectivity index (χ1v) is 6.90. The van der Waals surface area contributed by atoms with Crippen LogP contribution < -0.4 is 10.6 Å². The van der Waals surface area contributed by atoms with Gasteiger partial charge in [-0.15, -0.1) is 0 Å². The molecular formula is C14H19N3O3. The van der Waals surface area contributed by atoms with Crippen LogP contribution in [0.3, 0.4) is 0 Å². The quantitative estimate of drug-likeness (QED) is 0.634. The van der Waals surface area contributed by atoms with Crippen molar-refractivity contribution in [3.63, 3.8) is 0 Å². The predicted molar refractivity (Wildman–Crippen MR) is 75.6 cm³/mol. The molecule has 1 heterocycles. The zero-order valence-electron chi connectivity index (χ0n) is 11.3. The summed E-state index contributed by atoms with van der Waals surface area (Å²) in [5.74, 6) is 0.353. The second-order valence-electron chi connectivity index (χ2n) is 5.06. The van der Waals surface area contributed by atoms with Crippen molar-refractivity contribution in [2.75, 3.05) is 19.6 Å². The fourth-order valence-corrected chi connectivity index (χ4v) is 2.42. The molecule has 1 aliphatic rings. The minimum absolute atomic E-state index is 0.0610. The molecule has 6 heteroatoms. The first kappa shape index (κ1) is 14.5. The summed E-state index contributed by atoms with van der Waals surface area (Å²) in [6, 6.07) is 5.80. The van der Waals surface area contributed by atoms with E-state index in [9.17, 15) is 14.9 Å². The standard InChI is InChI=1S/C14H19N3O3/c18-14(12-4-1-5-13(9-12)17(19)20)16-8-6-11-3-2-7-15-10-11/h1,4-5,9,11,15H,2-3,6-8,10H2,(H,16,18). The maximum Gasteiger partial charge on any atom is 0.270 e. The number of carbonyl (C=O) groups is 1. The molecule has 1 atom stereocenters. The molecule has 0 saturated carbocycles. The van der Waals surface area contributed by atoms with E-state index in [4.69, 9.17) is 0 Å².